The van der Waals surface area contributed by atoms with Crippen molar-refractivity contribution in [2.75, 3.05) is 36.4 Å². The number of hydrogen-bond donors (Lipinski definition) is 2. The van der Waals surface area contributed by atoms with E-state index in [0.29, 0.717) is 48.9 Å². The summed E-state index contributed by atoms with van der Waals surface area (Å²) in [5, 5.41) is 15.7. The number of carbonyl (C=O) groups is 1. The fraction of sp³-hybridized carbons (Fsp3) is 0.250. The van der Waals surface area contributed by atoms with Crippen molar-refractivity contribution in [1.29, 1.82) is 0 Å². The van der Waals surface area contributed by atoms with Crippen molar-refractivity contribution >= 4 is 50.9 Å². The number of aromatic hydroxyl groups is 1. The van der Waals surface area contributed by atoms with E-state index in [0.717, 1.165) is 10.8 Å². The molecule has 1 aliphatic heterocycles. The summed E-state index contributed by atoms with van der Waals surface area (Å²) in [7, 11) is 0. The number of rotatable bonds is 5. The third-order valence-corrected chi connectivity index (χ3v) is 6.76. The molecule has 0 spiro atoms. The summed E-state index contributed by atoms with van der Waals surface area (Å²) < 4.78 is 16.4. The van der Waals surface area contributed by atoms with Gasteiger partial charge in [-0.3, -0.25) is 4.79 Å². The lowest BCUT2D eigenvalue weighted by Crippen LogP contribution is -2.48. The van der Waals surface area contributed by atoms with Crippen LogP contribution in [0.4, 0.5) is 16.2 Å². The lowest BCUT2D eigenvalue weighted by Gasteiger charge is -2.35. The van der Waals surface area contributed by atoms with Crippen LogP contribution < -0.4 is 10.2 Å². The Labute approximate surface area is 219 Å². The molecule has 4 aromatic rings. The number of benzene rings is 3. The highest BCUT2D eigenvalue weighted by molar-refractivity contribution is 6.35. The van der Waals surface area contributed by atoms with E-state index in [1.54, 1.807) is 17.0 Å². The molecule has 2 heterocycles. The maximum absolute atomic E-state index is 16.4. The van der Waals surface area contributed by atoms with Gasteiger partial charge in [0, 0.05) is 43.2 Å². The Hall–Kier alpha value is -3.91. The van der Waals surface area contributed by atoms with E-state index in [-0.39, 0.29) is 33.8 Å². The second kappa shape index (κ2) is 9.86. The first-order valence-corrected chi connectivity index (χ1v) is 12.5. The van der Waals surface area contributed by atoms with Gasteiger partial charge in [0.2, 0.25) is 11.9 Å². The van der Waals surface area contributed by atoms with Gasteiger partial charge in [-0.25, -0.2) is 9.37 Å². The Kier molecular flexibility index (Phi) is 6.60. The number of piperazine rings is 1. The highest BCUT2D eigenvalue weighted by Crippen LogP contribution is 2.42. The lowest BCUT2D eigenvalue weighted by atomic mass is 9.96. The predicted octanol–water partition coefficient (Wildman–Crippen LogP) is 5.60. The van der Waals surface area contributed by atoms with Crippen LogP contribution in [-0.4, -0.2) is 58.1 Å². The standard InChI is InChI=1S/C28H27ClFN5O2/c1-4-23(37)34-9-11-35(12-10-34)27-21-15-22(29)24(25(30)26(21)32-28(33-27)31-16(2)3)20-14-18(36)13-17-7-5-6-8-19(17)20/h4-8,13-16,36H,1,9-12H2,2-3H3,(H,31,32,33). The molecule has 9 heteroatoms. The fourth-order valence-corrected chi connectivity index (χ4v) is 5.05. The number of phenolic OH excluding ortho intramolecular Hbond substituents is 1. The summed E-state index contributed by atoms with van der Waals surface area (Å²) >= 11 is 6.74. The SMILES string of the molecule is C=CC(=O)N1CCN(c2nc(NC(C)C)nc3c(F)c(-c4cc(O)cc5ccccc45)c(Cl)cc23)CC1. The zero-order valence-electron chi connectivity index (χ0n) is 20.6. The van der Waals surface area contributed by atoms with Gasteiger partial charge in [0.15, 0.2) is 5.82 Å². The molecule has 0 radical (unpaired) electrons. The molecule has 190 valence electrons. The Bertz CT molecular complexity index is 1530. The van der Waals surface area contributed by atoms with E-state index in [2.05, 4.69) is 16.9 Å². The number of halogens is 2. The molecule has 1 amide bonds. The van der Waals surface area contributed by atoms with Crippen LogP contribution in [0.15, 0.2) is 55.1 Å². The third kappa shape index (κ3) is 4.64. The number of aromatic nitrogens is 2. The monoisotopic (exact) mass is 519 g/mol. The molecule has 3 aromatic carbocycles. The Morgan fingerprint density at radius 2 is 1.86 bits per heavy atom. The molecule has 1 aliphatic rings. The molecule has 7 nitrogen and oxygen atoms in total. The minimum Gasteiger partial charge on any atom is -0.508 e. The normalized spacial score (nSPS) is 14.0. The summed E-state index contributed by atoms with van der Waals surface area (Å²) in [4.78, 5) is 25.0. The van der Waals surface area contributed by atoms with Gasteiger partial charge in [-0.1, -0.05) is 42.4 Å². The molecule has 1 aromatic heterocycles. The number of anilines is 2. The summed E-state index contributed by atoms with van der Waals surface area (Å²) in [6.07, 6.45) is 1.31. The first-order valence-electron chi connectivity index (χ1n) is 12.1. The maximum atomic E-state index is 16.4. The minimum atomic E-state index is -0.589. The second-order valence-electron chi connectivity index (χ2n) is 9.34. The third-order valence-electron chi connectivity index (χ3n) is 6.46. The van der Waals surface area contributed by atoms with Gasteiger partial charge in [-0.05, 0) is 54.5 Å². The van der Waals surface area contributed by atoms with E-state index in [9.17, 15) is 9.90 Å². The van der Waals surface area contributed by atoms with Gasteiger partial charge in [-0.15, -0.1) is 0 Å². The van der Waals surface area contributed by atoms with Crippen LogP contribution in [0, 0.1) is 5.82 Å². The van der Waals surface area contributed by atoms with Crippen molar-refractivity contribution in [3.8, 4) is 16.9 Å². The first-order chi connectivity index (χ1) is 17.8. The molecule has 0 unspecified atom stereocenters. The lowest BCUT2D eigenvalue weighted by molar-refractivity contribution is -0.126. The van der Waals surface area contributed by atoms with Gasteiger partial charge in [-0.2, -0.15) is 4.98 Å². The molecule has 1 fully saturated rings. The fourth-order valence-electron chi connectivity index (χ4n) is 4.76. The summed E-state index contributed by atoms with van der Waals surface area (Å²) in [6, 6.07) is 12.3. The largest absolute Gasteiger partial charge is 0.508 e. The number of amides is 1. The topological polar surface area (TPSA) is 81.6 Å². The van der Waals surface area contributed by atoms with Crippen molar-refractivity contribution in [2.24, 2.45) is 0 Å². The molecular weight excluding hydrogens is 493 g/mol. The van der Waals surface area contributed by atoms with Crippen LogP contribution in [0.1, 0.15) is 13.8 Å². The van der Waals surface area contributed by atoms with Crippen molar-refractivity contribution in [1.82, 2.24) is 14.9 Å². The molecule has 0 atom stereocenters. The maximum Gasteiger partial charge on any atom is 0.246 e. The number of nitrogens with one attached hydrogen (secondary N) is 1. The number of nitrogens with zero attached hydrogens (tertiary/aromatic N) is 4. The minimum absolute atomic E-state index is 0.0155. The van der Waals surface area contributed by atoms with Gasteiger partial charge in [0.1, 0.15) is 17.1 Å². The van der Waals surface area contributed by atoms with E-state index in [1.807, 2.05) is 43.0 Å². The number of hydrogen-bond acceptors (Lipinski definition) is 6. The first kappa shape index (κ1) is 24.8. The molecule has 0 saturated carbocycles. The van der Waals surface area contributed by atoms with Crippen LogP contribution in [-0.2, 0) is 4.79 Å². The van der Waals surface area contributed by atoms with Gasteiger partial charge < -0.3 is 20.2 Å². The van der Waals surface area contributed by atoms with Gasteiger partial charge >= 0.3 is 0 Å². The zero-order valence-corrected chi connectivity index (χ0v) is 21.4. The van der Waals surface area contributed by atoms with Crippen LogP contribution in [0.3, 0.4) is 0 Å². The van der Waals surface area contributed by atoms with Gasteiger partial charge in [0.05, 0.1) is 5.02 Å². The second-order valence-corrected chi connectivity index (χ2v) is 9.75. The van der Waals surface area contributed by atoms with Crippen LogP contribution in [0.25, 0.3) is 32.8 Å². The molecule has 1 saturated heterocycles. The summed E-state index contributed by atoms with van der Waals surface area (Å²) in [6.45, 7) is 9.50. The van der Waals surface area contributed by atoms with Crippen LogP contribution in [0.2, 0.25) is 5.02 Å². The predicted molar refractivity (Wildman–Crippen MR) is 147 cm³/mol. The summed E-state index contributed by atoms with van der Waals surface area (Å²) in [5.74, 6) is 0.157. The quantitative estimate of drug-likeness (QED) is 0.334. The number of phenols is 1. The average Bonchev–Trinajstić information content (AvgIpc) is 2.88. The Morgan fingerprint density at radius 3 is 2.57 bits per heavy atom. The van der Waals surface area contributed by atoms with Crippen molar-refractivity contribution < 1.29 is 14.3 Å². The highest BCUT2D eigenvalue weighted by atomic mass is 35.5. The molecule has 0 bridgehead atoms. The van der Waals surface area contributed by atoms with E-state index < -0.39 is 5.82 Å². The molecule has 37 heavy (non-hydrogen) atoms. The van der Waals surface area contributed by atoms with Crippen molar-refractivity contribution in [2.45, 2.75) is 19.9 Å². The molecule has 2 N–H and O–H groups in total. The number of carbonyl (C=O) groups excluding carboxylic acids is 1. The zero-order chi connectivity index (χ0) is 26.3. The average molecular weight is 520 g/mol. The smallest absolute Gasteiger partial charge is 0.246 e. The summed E-state index contributed by atoms with van der Waals surface area (Å²) in [5.41, 5.74) is 0.780. The van der Waals surface area contributed by atoms with Crippen molar-refractivity contribution in [3.05, 3.63) is 66.0 Å². The van der Waals surface area contributed by atoms with Crippen molar-refractivity contribution in [3.63, 3.8) is 0 Å². The molecular formula is C28H27ClFN5O2. The van der Waals surface area contributed by atoms with Crippen LogP contribution >= 0.6 is 11.6 Å². The van der Waals surface area contributed by atoms with E-state index in [1.165, 1.54) is 12.1 Å². The Morgan fingerprint density at radius 1 is 1.14 bits per heavy atom. The van der Waals surface area contributed by atoms with E-state index in [4.69, 9.17) is 16.6 Å². The van der Waals surface area contributed by atoms with Gasteiger partial charge in [0.25, 0.3) is 0 Å². The highest BCUT2D eigenvalue weighted by Gasteiger charge is 2.26. The number of fused-ring (bicyclic) bond motifs is 2. The molecule has 5 rings (SSSR count). The van der Waals surface area contributed by atoms with Crippen LogP contribution in [0.5, 0.6) is 5.75 Å². The molecule has 0 aliphatic carbocycles. The van der Waals surface area contributed by atoms with E-state index >= 15 is 4.39 Å². The Balaban J connectivity index is 1.69.